The molecule has 1 aliphatic rings. The summed E-state index contributed by atoms with van der Waals surface area (Å²) in [7, 11) is 1.48. The average molecular weight is 259 g/mol. The molecule has 0 aliphatic carbocycles. The minimum atomic E-state index is -4.32. The van der Waals surface area contributed by atoms with Crippen molar-refractivity contribution in [1.82, 2.24) is 5.32 Å². The summed E-state index contributed by atoms with van der Waals surface area (Å²) < 4.78 is 43.4. The van der Waals surface area contributed by atoms with Gasteiger partial charge >= 0.3 is 6.18 Å². The summed E-state index contributed by atoms with van der Waals surface area (Å²) in [5, 5.41) is 3.26. The van der Waals surface area contributed by atoms with Crippen LogP contribution in [0.5, 0.6) is 5.75 Å². The predicted molar refractivity (Wildman–Crippen MR) is 62.6 cm³/mol. The molecule has 0 bridgehead atoms. The van der Waals surface area contributed by atoms with Gasteiger partial charge < -0.3 is 10.1 Å². The van der Waals surface area contributed by atoms with Crippen molar-refractivity contribution in [2.24, 2.45) is 0 Å². The summed E-state index contributed by atoms with van der Waals surface area (Å²) in [4.78, 5) is 0. The number of hydrogen-bond acceptors (Lipinski definition) is 2. The first-order chi connectivity index (χ1) is 8.37. The molecule has 0 aromatic heterocycles. The highest BCUT2D eigenvalue weighted by Crippen LogP contribution is 2.40. The Morgan fingerprint density at radius 3 is 2.56 bits per heavy atom. The van der Waals surface area contributed by atoms with Crippen molar-refractivity contribution >= 4 is 0 Å². The molecule has 5 heteroatoms. The van der Waals surface area contributed by atoms with Crippen LogP contribution in [0, 0.1) is 0 Å². The first kappa shape index (κ1) is 13.2. The molecule has 2 rings (SSSR count). The van der Waals surface area contributed by atoms with Gasteiger partial charge in [0.2, 0.25) is 0 Å². The second kappa shape index (κ2) is 4.46. The molecule has 0 saturated carbocycles. The van der Waals surface area contributed by atoms with Gasteiger partial charge in [-0.2, -0.15) is 13.2 Å². The van der Waals surface area contributed by atoms with Crippen molar-refractivity contribution in [2.45, 2.75) is 31.5 Å². The number of halogens is 3. The van der Waals surface area contributed by atoms with Crippen molar-refractivity contribution in [1.29, 1.82) is 0 Å². The summed E-state index contributed by atoms with van der Waals surface area (Å²) in [5.74, 6) is 0.500. The first-order valence-electron chi connectivity index (χ1n) is 5.87. The summed E-state index contributed by atoms with van der Waals surface area (Å²) in [6, 6.07) is 3.64. The Morgan fingerprint density at radius 1 is 1.33 bits per heavy atom. The Kier molecular flexibility index (Phi) is 3.27. The molecule has 0 spiro atoms. The Labute approximate surface area is 104 Å². The topological polar surface area (TPSA) is 21.3 Å². The van der Waals surface area contributed by atoms with Gasteiger partial charge in [-0.05, 0) is 44.5 Å². The number of ether oxygens (including phenoxy) is 1. The normalized spacial score (nSPS) is 24.3. The molecule has 1 heterocycles. The zero-order valence-corrected chi connectivity index (χ0v) is 10.4. The van der Waals surface area contributed by atoms with E-state index >= 15 is 0 Å². The van der Waals surface area contributed by atoms with E-state index in [1.807, 2.05) is 6.92 Å². The molecule has 1 aromatic rings. The summed E-state index contributed by atoms with van der Waals surface area (Å²) in [5.41, 5.74) is -0.488. The van der Waals surface area contributed by atoms with Gasteiger partial charge in [0.15, 0.2) is 0 Å². The molecule has 1 N–H and O–H groups in total. The van der Waals surface area contributed by atoms with Crippen LogP contribution in [0.2, 0.25) is 0 Å². The number of methoxy groups -OCH3 is 1. The minimum absolute atomic E-state index is 0.438. The summed E-state index contributed by atoms with van der Waals surface area (Å²) >= 11 is 0. The van der Waals surface area contributed by atoms with Crippen molar-refractivity contribution in [3.63, 3.8) is 0 Å². The van der Waals surface area contributed by atoms with Gasteiger partial charge in [0.1, 0.15) is 5.75 Å². The monoisotopic (exact) mass is 259 g/mol. The van der Waals surface area contributed by atoms with E-state index in [1.165, 1.54) is 19.2 Å². The zero-order valence-electron chi connectivity index (χ0n) is 10.4. The van der Waals surface area contributed by atoms with Gasteiger partial charge in [0.25, 0.3) is 0 Å². The molecule has 2 nitrogen and oxygen atoms in total. The minimum Gasteiger partial charge on any atom is -0.496 e. The largest absolute Gasteiger partial charge is 0.496 e. The lowest BCUT2D eigenvalue weighted by Gasteiger charge is -2.27. The van der Waals surface area contributed by atoms with E-state index in [-0.39, 0.29) is 0 Å². The summed E-state index contributed by atoms with van der Waals surface area (Å²) in [6.45, 7) is 2.73. The molecule has 100 valence electrons. The third-order valence-electron chi connectivity index (χ3n) is 3.49. The number of benzene rings is 1. The first-order valence-corrected chi connectivity index (χ1v) is 5.87. The maximum absolute atomic E-state index is 12.8. The lowest BCUT2D eigenvalue weighted by molar-refractivity contribution is -0.137. The zero-order chi connectivity index (χ0) is 13.4. The van der Waals surface area contributed by atoms with Crippen molar-refractivity contribution in [2.75, 3.05) is 13.7 Å². The van der Waals surface area contributed by atoms with E-state index in [9.17, 15) is 13.2 Å². The quantitative estimate of drug-likeness (QED) is 0.879. The van der Waals surface area contributed by atoms with Crippen LogP contribution in [0.4, 0.5) is 13.2 Å². The van der Waals surface area contributed by atoms with Gasteiger partial charge in [-0.1, -0.05) is 0 Å². The van der Waals surface area contributed by atoms with Gasteiger partial charge in [-0.3, -0.25) is 0 Å². The van der Waals surface area contributed by atoms with Crippen molar-refractivity contribution in [3.8, 4) is 5.75 Å². The average Bonchev–Trinajstić information content (AvgIpc) is 2.75. The van der Waals surface area contributed by atoms with Gasteiger partial charge in [-0.25, -0.2) is 0 Å². The fourth-order valence-electron chi connectivity index (χ4n) is 2.44. The SMILES string of the molecule is COc1ccc(C(F)(F)F)cc1C1(C)CCCN1. The third kappa shape index (κ3) is 2.32. The number of rotatable bonds is 2. The van der Waals surface area contributed by atoms with Crippen LogP contribution >= 0.6 is 0 Å². The Balaban J connectivity index is 2.49. The van der Waals surface area contributed by atoms with Crippen LogP contribution in [0.25, 0.3) is 0 Å². The number of alkyl halides is 3. The predicted octanol–water partition coefficient (Wildman–Crippen LogP) is 3.31. The van der Waals surface area contributed by atoms with Crippen LogP contribution in [0.15, 0.2) is 18.2 Å². The van der Waals surface area contributed by atoms with Crippen LogP contribution in [-0.4, -0.2) is 13.7 Å². The van der Waals surface area contributed by atoms with Crippen LogP contribution < -0.4 is 10.1 Å². The molecule has 18 heavy (non-hydrogen) atoms. The molecular weight excluding hydrogens is 243 g/mol. The lowest BCUT2D eigenvalue weighted by atomic mass is 9.88. The Bertz CT molecular complexity index is 436. The van der Waals surface area contributed by atoms with Crippen molar-refractivity contribution < 1.29 is 17.9 Å². The number of nitrogens with one attached hydrogen (secondary N) is 1. The van der Waals surface area contributed by atoms with Gasteiger partial charge in [0.05, 0.1) is 12.7 Å². The molecule has 0 radical (unpaired) electrons. The van der Waals surface area contributed by atoms with Gasteiger partial charge in [0, 0.05) is 11.1 Å². The molecule has 1 aromatic carbocycles. The standard InChI is InChI=1S/C13H16F3NO/c1-12(6-3-7-17-12)10-8-9(13(14,15)16)4-5-11(10)18-2/h4-5,8,17H,3,6-7H2,1-2H3. The summed E-state index contributed by atoms with van der Waals surface area (Å²) in [6.07, 6.45) is -2.56. The molecule has 1 unspecified atom stereocenters. The number of hydrogen-bond donors (Lipinski definition) is 1. The second-order valence-electron chi connectivity index (χ2n) is 4.78. The van der Waals surface area contributed by atoms with Gasteiger partial charge in [-0.15, -0.1) is 0 Å². The molecule has 1 fully saturated rings. The van der Waals surface area contributed by atoms with E-state index in [1.54, 1.807) is 0 Å². The maximum atomic E-state index is 12.8. The molecule has 0 amide bonds. The second-order valence-corrected chi connectivity index (χ2v) is 4.78. The smallest absolute Gasteiger partial charge is 0.416 e. The highest BCUT2D eigenvalue weighted by atomic mass is 19.4. The third-order valence-corrected chi connectivity index (χ3v) is 3.49. The maximum Gasteiger partial charge on any atom is 0.416 e. The Hall–Kier alpha value is -1.23. The fourth-order valence-corrected chi connectivity index (χ4v) is 2.44. The Morgan fingerprint density at radius 2 is 2.06 bits per heavy atom. The van der Waals surface area contributed by atoms with Crippen molar-refractivity contribution in [3.05, 3.63) is 29.3 Å². The molecular formula is C13H16F3NO. The highest BCUT2D eigenvalue weighted by molar-refractivity contribution is 5.43. The van der Waals surface area contributed by atoms with Crippen LogP contribution in [-0.2, 0) is 11.7 Å². The molecule has 1 aliphatic heterocycles. The lowest BCUT2D eigenvalue weighted by Crippen LogP contribution is -2.33. The van der Waals surface area contributed by atoms with E-state index < -0.39 is 17.3 Å². The van der Waals surface area contributed by atoms with E-state index in [0.717, 1.165) is 25.5 Å². The van der Waals surface area contributed by atoms with E-state index in [4.69, 9.17) is 4.74 Å². The van der Waals surface area contributed by atoms with E-state index in [2.05, 4.69) is 5.32 Å². The van der Waals surface area contributed by atoms with Crippen LogP contribution in [0.3, 0.4) is 0 Å². The van der Waals surface area contributed by atoms with E-state index in [0.29, 0.717) is 11.3 Å². The fraction of sp³-hybridized carbons (Fsp3) is 0.538. The highest BCUT2D eigenvalue weighted by Gasteiger charge is 2.36. The molecule has 1 saturated heterocycles. The molecule has 1 atom stereocenters. The van der Waals surface area contributed by atoms with Crippen LogP contribution in [0.1, 0.15) is 30.9 Å².